The number of hydrogen-bond acceptors (Lipinski definition) is 2. The standard InChI is InChI=1S/C24H16Cl4N2O2/c1-12-3-7-14(8-4-12)21(31)17-11-16(25)24(28)30(17)20-18(26)23(27)29-19(20)22(32)15-9-5-13(2)6-10-15/h3-11,29H,1-2H3. The van der Waals surface area contributed by atoms with E-state index < -0.39 is 0 Å². The van der Waals surface area contributed by atoms with E-state index >= 15 is 0 Å². The van der Waals surface area contributed by atoms with Gasteiger partial charge in [-0.3, -0.25) is 14.2 Å². The van der Waals surface area contributed by atoms with Crippen LogP contribution in [0.4, 0.5) is 0 Å². The van der Waals surface area contributed by atoms with Crippen LogP contribution in [0.5, 0.6) is 0 Å². The molecule has 0 fully saturated rings. The molecule has 2 heterocycles. The predicted octanol–water partition coefficient (Wildman–Crippen LogP) is 7.50. The molecule has 0 amide bonds. The van der Waals surface area contributed by atoms with Crippen molar-refractivity contribution >= 4 is 58.0 Å². The Morgan fingerprint density at radius 1 is 0.781 bits per heavy atom. The fraction of sp³-hybridized carbons (Fsp3) is 0.0833. The van der Waals surface area contributed by atoms with Crippen LogP contribution in [0.1, 0.15) is 43.2 Å². The zero-order valence-corrected chi connectivity index (χ0v) is 20.0. The van der Waals surface area contributed by atoms with Crippen LogP contribution in [0, 0.1) is 13.8 Å². The molecule has 0 unspecified atom stereocenters. The molecular weight excluding hydrogens is 490 g/mol. The normalized spacial score (nSPS) is 11.1. The fourth-order valence-corrected chi connectivity index (χ4v) is 4.18. The summed E-state index contributed by atoms with van der Waals surface area (Å²) in [5, 5.41) is 0.280. The highest BCUT2D eigenvalue weighted by Gasteiger charge is 2.29. The van der Waals surface area contributed by atoms with Crippen LogP contribution in [0.2, 0.25) is 20.4 Å². The Hall–Kier alpha value is -2.50. The van der Waals surface area contributed by atoms with Crippen molar-refractivity contribution in [2.24, 2.45) is 0 Å². The smallest absolute Gasteiger partial charge is 0.211 e. The summed E-state index contributed by atoms with van der Waals surface area (Å²) in [5.41, 5.74) is 3.29. The molecule has 1 N–H and O–H groups in total. The topological polar surface area (TPSA) is 54.9 Å². The highest BCUT2D eigenvalue weighted by molar-refractivity contribution is 6.45. The van der Waals surface area contributed by atoms with Gasteiger partial charge < -0.3 is 4.98 Å². The minimum Gasteiger partial charge on any atom is -0.340 e. The van der Waals surface area contributed by atoms with Crippen LogP contribution < -0.4 is 0 Å². The minimum absolute atomic E-state index is 0.0395. The number of nitrogens with one attached hydrogen (secondary N) is 1. The Bertz CT molecular complexity index is 1240. The molecule has 0 aliphatic heterocycles. The van der Waals surface area contributed by atoms with E-state index in [-0.39, 0.29) is 49.0 Å². The van der Waals surface area contributed by atoms with Gasteiger partial charge in [-0.2, -0.15) is 0 Å². The van der Waals surface area contributed by atoms with E-state index in [1.54, 1.807) is 24.3 Å². The van der Waals surface area contributed by atoms with Gasteiger partial charge in [-0.1, -0.05) is 106 Å². The molecule has 0 radical (unpaired) electrons. The molecule has 2 aromatic carbocycles. The summed E-state index contributed by atoms with van der Waals surface area (Å²) in [6, 6.07) is 15.6. The average Bonchev–Trinajstić information content (AvgIpc) is 3.23. The molecule has 0 saturated heterocycles. The maximum absolute atomic E-state index is 13.3. The van der Waals surface area contributed by atoms with Crippen LogP contribution in [-0.2, 0) is 0 Å². The van der Waals surface area contributed by atoms with Gasteiger partial charge in [0.05, 0.1) is 16.4 Å². The van der Waals surface area contributed by atoms with Gasteiger partial charge in [-0.25, -0.2) is 0 Å². The van der Waals surface area contributed by atoms with E-state index in [4.69, 9.17) is 46.4 Å². The van der Waals surface area contributed by atoms with Crippen molar-refractivity contribution in [3.63, 3.8) is 0 Å². The van der Waals surface area contributed by atoms with Crippen molar-refractivity contribution < 1.29 is 9.59 Å². The summed E-state index contributed by atoms with van der Waals surface area (Å²) < 4.78 is 1.36. The van der Waals surface area contributed by atoms with Gasteiger partial charge in [0.25, 0.3) is 0 Å². The zero-order chi connectivity index (χ0) is 23.2. The molecule has 4 aromatic rings. The molecule has 4 nitrogen and oxygen atoms in total. The lowest BCUT2D eigenvalue weighted by Crippen LogP contribution is -2.13. The van der Waals surface area contributed by atoms with Crippen molar-refractivity contribution in [2.45, 2.75) is 13.8 Å². The maximum Gasteiger partial charge on any atom is 0.211 e. The highest BCUT2D eigenvalue weighted by Crippen LogP contribution is 2.39. The van der Waals surface area contributed by atoms with Crippen molar-refractivity contribution in [1.29, 1.82) is 0 Å². The lowest BCUT2D eigenvalue weighted by molar-refractivity contribution is 0.102. The first-order valence-electron chi connectivity index (χ1n) is 9.56. The van der Waals surface area contributed by atoms with E-state index in [0.29, 0.717) is 11.1 Å². The van der Waals surface area contributed by atoms with Gasteiger partial charge in [-0.05, 0) is 19.9 Å². The minimum atomic E-state index is -0.358. The molecule has 4 rings (SSSR count). The van der Waals surface area contributed by atoms with Crippen LogP contribution in [-0.4, -0.2) is 21.1 Å². The van der Waals surface area contributed by atoms with Crippen molar-refractivity contribution in [3.8, 4) is 5.69 Å². The third kappa shape index (κ3) is 4.00. The van der Waals surface area contributed by atoms with Crippen LogP contribution >= 0.6 is 46.4 Å². The number of nitrogens with zero attached hydrogens (tertiary/aromatic N) is 1. The highest BCUT2D eigenvalue weighted by atomic mass is 35.5. The maximum atomic E-state index is 13.3. The number of benzene rings is 2. The van der Waals surface area contributed by atoms with E-state index in [1.165, 1.54) is 10.6 Å². The summed E-state index contributed by atoms with van der Waals surface area (Å²) in [5.74, 6) is -0.690. The molecule has 32 heavy (non-hydrogen) atoms. The number of H-pyrrole nitrogens is 1. The number of hydrogen-bond donors (Lipinski definition) is 1. The van der Waals surface area contributed by atoms with Gasteiger partial charge in [0.2, 0.25) is 11.6 Å². The van der Waals surface area contributed by atoms with Crippen molar-refractivity contribution in [2.75, 3.05) is 0 Å². The first-order chi connectivity index (χ1) is 15.2. The number of carbonyl (C=O) groups is 2. The lowest BCUT2D eigenvalue weighted by Gasteiger charge is -2.12. The molecule has 162 valence electrons. The molecule has 0 aliphatic carbocycles. The second-order valence-corrected chi connectivity index (χ2v) is 8.89. The second-order valence-electron chi connectivity index (χ2n) is 7.37. The largest absolute Gasteiger partial charge is 0.340 e. The third-order valence-corrected chi connectivity index (χ3v) is 6.59. The number of aryl methyl sites for hydroxylation is 2. The molecule has 0 atom stereocenters. The van der Waals surface area contributed by atoms with E-state index in [0.717, 1.165) is 11.1 Å². The zero-order valence-electron chi connectivity index (χ0n) is 17.0. The summed E-state index contributed by atoms with van der Waals surface area (Å²) in [6.07, 6.45) is 0. The summed E-state index contributed by atoms with van der Waals surface area (Å²) in [4.78, 5) is 29.4. The first-order valence-corrected chi connectivity index (χ1v) is 11.1. The molecule has 0 aliphatic rings. The first kappa shape index (κ1) is 22.7. The van der Waals surface area contributed by atoms with Gasteiger partial charge in [0.15, 0.2) is 0 Å². The number of aromatic nitrogens is 2. The van der Waals surface area contributed by atoms with Crippen LogP contribution in [0.15, 0.2) is 54.6 Å². The van der Waals surface area contributed by atoms with Gasteiger partial charge in [0.1, 0.15) is 21.0 Å². The Labute approximate surface area is 204 Å². The van der Waals surface area contributed by atoms with Crippen LogP contribution in [0.25, 0.3) is 5.69 Å². The molecular formula is C24H16Cl4N2O2. The average molecular weight is 506 g/mol. The van der Waals surface area contributed by atoms with Gasteiger partial charge in [0, 0.05) is 11.1 Å². The fourth-order valence-electron chi connectivity index (χ4n) is 3.36. The number of ketones is 2. The quantitative estimate of drug-likeness (QED) is 0.285. The molecule has 0 bridgehead atoms. The predicted molar refractivity (Wildman–Crippen MR) is 129 cm³/mol. The second kappa shape index (κ2) is 8.80. The Balaban J connectivity index is 1.91. The number of aromatic amines is 1. The van der Waals surface area contributed by atoms with E-state index in [2.05, 4.69) is 4.98 Å². The summed E-state index contributed by atoms with van der Waals surface area (Å²) in [6.45, 7) is 3.85. The number of halogens is 4. The number of carbonyl (C=O) groups excluding carboxylic acids is 2. The van der Waals surface area contributed by atoms with Crippen LogP contribution in [0.3, 0.4) is 0 Å². The summed E-state index contributed by atoms with van der Waals surface area (Å²) >= 11 is 25.5. The van der Waals surface area contributed by atoms with Crippen molar-refractivity contribution in [3.05, 3.63) is 109 Å². The molecule has 2 aromatic heterocycles. The van der Waals surface area contributed by atoms with E-state index in [9.17, 15) is 9.59 Å². The monoisotopic (exact) mass is 504 g/mol. The molecule has 8 heteroatoms. The Morgan fingerprint density at radius 2 is 1.28 bits per heavy atom. The molecule has 0 spiro atoms. The number of rotatable bonds is 5. The van der Waals surface area contributed by atoms with Gasteiger partial charge >= 0.3 is 0 Å². The summed E-state index contributed by atoms with van der Waals surface area (Å²) in [7, 11) is 0. The van der Waals surface area contributed by atoms with Crippen molar-refractivity contribution in [1.82, 2.24) is 9.55 Å². The van der Waals surface area contributed by atoms with Gasteiger partial charge in [-0.15, -0.1) is 0 Å². The van der Waals surface area contributed by atoms with E-state index in [1.807, 2.05) is 38.1 Å². The lowest BCUT2D eigenvalue weighted by atomic mass is 10.0. The Morgan fingerprint density at radius 3 is 1.81 bits per heavy atom. The SMILES string of the molecule is Cc1ccc(C(=O)c2[nH]c(Cl)c(Cl)c2-n2c(C(=O)c3ccc(C)cc3)cc(Cl)c2Cl)cc1. The Kier molecular flexibility index (Phi) is 6.24. The third-order valence-electron chi connectivity index (χ3n) is 5.08. The molecule has 0 saturated carbocycles.